The minimum atomic E-state index is -0.517. The molecule has 0 aromatic carbocycles. The fourth-order valence-electron chi connectivity index (χ4n) is 2.06. The molecule has 0 aliphatic heterocycles. The van der Waals surface area contributed by atoms with E-state index in [1.165, 1.54) is 34.8 Å². The molecule has 0 fully saturated rings. The zero-order valence-electron chi connectivity index (χ0n) is 11.0. The number of pyridine rings is 1. The average molecular weight is 283 g/mol. The first-order chi connectivity index (χ1) is 10.2. The summed E-state index contributed by atoms with van der Waals surface area (Å²) in [6, 6.07) is 3.63. The third kappa shape index (κ3) is 1.92. The number of aromatic nitrogens is 4. The normalized spacial score (nSPS) is 10.7. The van der Waals surface area contributed by atoms with Crippen molar-refractivity contribution in [2.75, 3.05) is 7.11 Å². The van der Waals surface area contributed by atoms with Gasteiger partial charge in [-0.1, -0.05) is 0 Å². The van der Waals surface area contributed by atoms with E-state index < -0.39 is 5.97 Å². The van der Waals surface area contributed by atoms with Gasteiger partial charge >= 0.3 is 5.97 Å². The number of fused-ring (bicyclic) bond motifs is 3. The van der Waals surface area contributed by atoms with E-state index in [9.17, 15) is 9.59 Å². The number of methoxy groups -OCH3 is 1. The molecule has 104 valence electrons. The first kappa shape index (κ1) is 12.8. The molecule has 8 nitrogen and oxygen atoms in total. The minimum Gasteiger partial charge on any atom is -0.468 e. The fourth-order valence-corrected chi connectivity index (χ4v) is 2.06. The Bertz CT molecular complexity index is 963. The van der Waals surface area contributed by atoms with E-state index in [1.807, 2.05) is 6.07 Å². The summed E-state index contributed by atoms with van der Waals surface area (Å²) in [7, 11) is 1.26. The Morgan fingerprint density at radius 2 is 2.29 bits per heavy atom. The lowest BCUT2D eigenvalue weighted by atomic mass is 10.3. The first-order valence-corrected chi connectivity index (χ1v) is 5.98. The van der Waals surface area contributed by atoms with Gasteiger partial charge in [-0.2, -0.15) is 10.4 Å². The SMILES string of the molecule is COC(=O)Cn1ccc2c(cnc3c(C#N)cnn32)c1=O. The highest BCUT2D eigenvalue weighted by Gasteiger charge is 2.12. The van der Waals surface area contributed by atoms with Crippen molar-refractivity contribution in [3.05, 3.63) is 40.6 Å². The van der Waals surface area contributed by atoms with Crippen LogP contribution < -0.4 is 5.56 Å². The van der Waals surface area contributed by atoms with Crippen molar-refractivity contribution in [1.82, 2.24) is 19.2 Å². The standard InChI is InChI=1S/C13H9N5O3/c1-21-11(19)7-17-3-2-10-9(13(17)20)6-15-12-8(4-14)5-16-18(10)12/h2-3,5-6H,7H2,1H3. The van der Waals surface area contributed by atoms with E-state index in [0.717, 1.165) is 0 Å². The summed E-state index contributed by atoms with van der Waals surface area (Å²) in [6.07, 6.45) is 4.25. The molecule has 0 amide bonds. The van der Waals surface area contributed by atoms with E-state index in [4.69, 9.17) is 5.26 Å². The van der Waals surface area contributed by atoms with Gasteiger partial charge in [0.2, 0.25) is 0 Å². The molecule has 0 unspecified atom stereocenters. The van der Waals surface area contributed by atoms with Gasteiger partial charge in [-0.25, -0.2) is 9.50 Å². The summed E-state index contributed by atoms with van der Waals surface area (Å²) in [4.78, 5) is 27.7. The maximum absolute atomic E-state index is 12.3. The van der Waals surface area contributed by atoms with Crippen LogP contribution in [0.25, 0.3) is 16.6 Å². The number of carbonyl (C=O) groups excluding carboxylic acids is 1. The molecule has 0 saturated heterocycles. The Balaban J connectivity index is 2.26. The molecular weight excluding hydrogens is 274 g/mol. The predicted octanol–water partition coefficient (Wildman–Crippen LogP) is 0.0889. The molecule has 0 N–H and O–H groups in total. The molecular formula is C13H9N5O3. The Morgan fingerprint density at radius 1 is 1.48 bits per heavy atom. The fraction of sp³-hybridized carbons (Fsp3) is 0.154. The van der Waals surface area contributed by atoms with Crippen LogP contribution in [0, 0.1) is 11.3 Å². The Morgan fingerprint density at radius 3 is 3.00 bits per heavy atom. The summed E-state index contributed by atoms with van der Waals surface area (Å²) in [6.45, 7) is -0.175. The minimum absolute atomic E-state index is 0.175. The average Bonchev–Trinajstić information content (AvgIpc) is 2.93. The van der Waals surface area contributed by atoms with E-state index in [2.05, 4.69) is 14.8 Å². The van der Waals surface area contributed by atoms with Gasteiger partial charge in [0.25, 0.3) is 5.56 Å². The van der Waals surface area contributed by atoms with E-state index in [0.29, 0.717) is 22.1 Å². The van der Waals surface area contributed by atoms with Gasteiger partial charge in [0, 0.05) is 12.4 Å². The number of nitriles is 1. The largest absolute Gasteiger partial charge is 0.468 e. The van der Waals surface area contributed by atoms with E-state index in [1.54, 1.807) is 6.07 Å². The van der Waals surface area contributed by atoms with Gasteiger partial charge in [-0.05, 0) is 6.07 Å². The summed E-state index contributed by atoms with van der Waals surface area (Å²) >= 11 is 0. The number of nitrogens with zero attached hydrogens (tertiary/aromatic N) is 5. The third-order valence-corrected chi connectivity index (χ3v) is 3.12. The van der Waals surface area contributed by atoms with Gasteiger partial charge in [-0.3, -0.25) is 9.59 Å². The highest BCUT2D eigenvalue weighted by molar-refractivity contribution is 5.80. The van der Waals surface area contributed by atoms with Crippen molar-refractivity contribution < 1.29 is 9.53 Å². The molecule has 0 radical (unpaired) electrons. The smallest absolute Gasteiger partial charge is 0.325 e. The molecule has 0 bridgehead atoms. The van der Waals surface area contributed by atoms with Crippen molar-refractivity contribution in [1.29, 1.82) is 5.26 Å². The molecule has 21 heavy (non-hydrogen) atoms. The van der Waals surface area contributed by atoms with Crippen LogP contribution in [0.15, 0.2) is 29.5 Å². The monoisotopic (exact) mass is 283 g/mol. The topological polar surface area (TPSA) is 102 Å². The lowest BCUT2D eigenvalue weighted by molar-refractivity contribution is -0.141. The molecule has 3 rings (SSSR count). The van der Waals surface area contributed by atoms with Gasteiger partial charge in [0.15, 0.2) is 5.65 Å². The second-order valence-corrected chi connectivity index (χ2v) is 4.29. The summed E-state index contributed by atoms with van der Waals surface area (Å²) in [5.74, 6) is -0.517. The zero-order valence-corrected chi connectivity index (χ0v) is 11.0. The second-order valence-electron chi connectivity index (χ2n) is 4.29. The van der Waals surface area contributed by atoms with Crippen LogP contribution in [0.3, 0.4) is 0 Å². The molecule has 0 atom stereocenters. The zero-order chi connectivity index (χ0) is 15.0. The van der Waals surface area contributed by atoms with Crippen LogP contribution in [0.4, 0.5) is 0 Å². The predicted molar refractivity (Wildman–Crippen MR) is 71.5 cm³/mol. The maximum Gasteiger partial charge on any atom is 0.325 e. The lowest BCUT2D eigenvalue weighted by Crippen LogP contribution is -2.25. The molecule has 0 saturated carbocycles. The highest BCUT2D eigenvalue weighted by atomic mass is 16.5. The van der Waals surface area contributed by atoms with Crippen LogP contribution in [-0.2, 0) is 16.1 Å². The second kappa shape index (κ2) is 4.72. The van der Waals surface area contributed by atoms with Crippen molar-refractivity contribution in [3.8, 4) is 6.07 Å². The number of ether oxygens (including phenoxy) is 1. The Kier molecular flexibility index (Phi) is 2.88. The molecule has 8 heteroatoms. The third-order valence-electron chi connectivity index (χ3n) is 3.12. The van der Waals surface area contributed by atoms with Crippen molar-refractivity contribution in [2.24, 2.45) is 0 Å². The van der Waals surface area contributed by atoms with Crippen molar-refractivity contribution in [3.63, 3.8) is 0 Å². The Hall–Kier alpha value is -3.21. The van der Waals surface area contributed by atoms with Crippen LogP contribution in [-0.4, -0.2) is 32.2 Å². The molecule has 0 spiro atoms. The highest BCUT2D eigenvalue weighted by Crippen LogP contribution is 2.13. The number of carbonyl (C=O) groups is 1. The van der Waals surface area contributed by atoms with Crippen molar-refractivity contribution >= 4 is 22.5 Å². The van der Waals surface area contributed by atoms with Gasteiger partial charge in [0.1, 0.15) is 18.2 Å². The Labute approximate surface area is 117 Å². The van der Waals surface area contributed by atoms with Crippen LogP contribution in [0.2, 0.25) is 0 Å². The number of hydrogen-bond donors (Lipinski definition) is 0. The summed E-state index contributed by atoms with van der Waals surface area (Å²) < 4.78 is 7.20. The van der Waals surface area contributed by atoms with Crippen molar-refractivity contribution in [2.45, 2.75) is 6.54 Å². The van der Waals surface area contributed by atoms with Crippen LogP contribution in [0.1, 0.15) is 5.56 Å². The number of hydrogen-bond acceptors (Lipinski definition) is 6. The maximum atomic E-state index is 12.3. The quantitative estimate of drug-likeness (QED) is 0.617. The van der Waals surface area contributed by atoms with Gasteiger partial charge in [-0.15, -0.1) is 0 Å². The van der Waals surface area contributed by atoms with E-state index >= 15 is 0 Å². The van der Waals surface area contributed by atoms with Crippen LogP contribution in [0.5, 0.6) is 0 Å². The first-order valence-electron chi connectivity index (χ1n) is 5.98. The lowest BCUT2D eigenvalue weighted by Gasteiger charge is -2.06. The molecule has 3 aromatic heterocycles. The van der Waals surface area contributed by atoms with E-state index in [-0.39, 0.29) is 12.1 Å². The molecule has 0 aliphatic carbocycles. The summed E-state index contributed by atoms with van der Waals surface area (Å²) in [5, 5.41) is 13.3. The number of esters is 1. The van der Waals surface area contributed by atoms with Gasteiger partial charge < -0.3 is 9.30 Å². The molecule has 3 heterocycles. The van der Waals surface area contributed by atoms with Gasteiger partial charge in [0.05, 0.1) is 24.2 Å². The van der Waals surface area contributed by atoms with Crippen LogP contribution >= 0.6 is 0 Å². The number of rotatable bonds is 2. The molecule has 0 aliphatic rings. The molecule has 3 aromatic rings. The summed E-state index contributed by atoms with van der Waals surface area (Å²) in [5.41, 5.74) is 0.861.